The maximum absolute atomic E-state index is 5.88. The zero-order valence-electron chi connectivity index (χ0n) is 12.8. The van der Waals surface area contributed by atoms with Crippen molar-refractivity contribution < 1.29 is 4.74 Å². The fourth-order valence-corrected chi connectivity index (χ4v) is 2.51. The monoisotopic (exact) mass is 370 g/mol. The van der Waals surface area contributed by atoms with Gasteiger partial charge in [0.2, 0.25) is 5.88 Å². The summed E-state index contributed by atoms with van der Waals surface area (Å²) in [5.41, 5.74) is 2.52. The fourth-order valence-electron chi connectivity index (χ4n) is 2.02. The van der Waals surface area contributed by atoms with E-state index in [4.69, 9.17) is 4.74 Å². The number of rotatable bonds is 4. The zero-order valence-corrected chi connectivity index (χ0v) is 14.4. The van der Waals surface area contributed by atoms with E-state index >= 15 is 0 Å². The van der Waals surface area contributed by atoms with Gasteiger partial charge < -0.3 is 4.74 Å². The van der Waals surface area contributed by atoms with Crippen LogP contribution in [-0.4, -0.2) is 19.9 Å². The minimum absolute atomic E-state index is 0.476. The van der Waals surface area contributed by atoms with Crippen LogP contribution in [0.25, 0.3) is 11.5 Å². The summed E-state index contributed by atoms with van der Waals surface area (Å²) in [6.45, 7) is 3.96. The van der Waals surface area contributed by atoms with E-state index in [-0.39, 0.29) is 0 Å². The van der Waals surface area contributed by atoms with E-state index in [0.29, 0.717) is 27.8 Å². The van der Waals surface area contributed by atoms with Crippen molar-refractivity contribution in [3.8, 4) is 23.1 Å². The lowest BCUT2D eigenvalue weighted by Gasteiger charge is -2.09. The first-order valence-corrected chi connectivity index (χ1v) is 8.05. The van der Waals surface area contributed by atoms with E-state index in [1.807, 2.05) is 50.2 Å². The first-order chi connectivity index (χ1) is 11.2. The molecule has 0 spiro atoms. The molecule has 3 aromatic rings. The van der Waals surface area contributed by atoms with Crippen molar-refractivity contribution in [2.75, 3.05) is 0 Å². The predicted molar refractivity (Wildman–Crippen MR) is 91.4 cm³/mol. The number of aryl methyl sites for hydroxylation is 2. The Hall–Kier alpha value is -2.34. The lowest BCUT2D eigenvalue weighted by Crippen LogP contribution is -1.99. The van der Waals surface area contributed by atoms with Gasteiger partial charge in [0.15, 0.2) is 11.6 Å². The summed E-state index contributed by atoms with van der Waals surface area (Å²) in [5.74, 6) is 1.64. The quantitative estimate of drug-likeness (QED) is 0.638. The molecule has 3 aromatic heterocycles. The molecular formula is C17H15BrN4O. The molecule has 0 radical (unpaired) electrons. The number of ether oxygens (including phenoxy) is 1. The molecule has 0 aromatic carbocycles. The number of hydrogen-bond donors (Lipinski definition) is 0. The van der Waals surface area contributed by atoms with Gasteiger partial charge in [0.1, 0.15) is 10.3 Å². The second-order valence-electron chi connectivity index (χ2n) is 4.93. The standard InChI is InChI=1S/C17H15BrN4O/c1-3-12-10-15(23-14-8-7-11(2)20-16(14)18)22-17(21-12)13-6-4-5-9-19-13/h4-10H,3H2,1-2H3. The highest BCUT2D eigenvalue weighted by atomic mass is 79.9. The molecule has 0 saturated carbocycles. The third-order valence-corrected chi connectivity index (χ3v) is 3.75. The van der Waals surface area contributed by atoms with Gasteiger partial charge >= 0.3 is 0 Å². The summed E-state index contributed by atoms with van der Waals surface area (Å²) < 4.78 is 6.53. The number of pyridine rings is 2. The first kappa shape index (κ1) is 15.6. The Morgan fingerprint density at radius 3 is 2.65 bits per heavy atom. The summed E-state index contributed by atoms with van der Waals surface area (Å²) >= 11 is 3.41. The topological polar surface area (TPSA) is 60.8 Å². The molecule has 0 aliphatic rings. The normalized spacial score (nSPS) is 10.6. The Labute approximate surface area is 143 Å². The minimum atomic E-state index is 0.476. The minimum Gasteiger partial charge on any atom is -0.436 e. The molecule has 3 heterocycles. The van der Waals surface area contributed by atoms with Gasteiger partial charge in [0, 0.05) is 23.7 Å². The molecule has 6 heteroatoms. The van der Waals surface area contributed by atoms with E-state index in [9.17, 15) is 0 Å². The molecule has 0 N–H and O–H groups in total. The summed E-state index contributed by atoms with van der Waals surface area (Å²) in [5, 5.41) is 0. The fraction of sp³-hybridized carbons (Fsp3) is 0.176. The van der Waals surface area contributed by atoms with Crippen LogP contribution in [0.5, 0.6) is 11.6 Å². The average Bonchev–Trinajstić information content (AvgIpc) is 2.58. The number of aromatic nitrogens is 4. The molecule has 0 atom stereocenters. The van der Waals surface area contributed by atoms with Crippen LogP contribution in [0.1, 0.15) is 18.3 Å². The van der Waals surface area contributed by atoms with Crippen LogP contribution >= 0.6 is 15.9 Å². The van der Waals surface area contributed by atoms with Crippen LogP contribution in [0.2, 0.25) is 0 Å². The first-order valence-electron chi connectivity index (χ1n) is 7.26. The van der Waals surface area contributed by atoms with Crippen molar-refractivity contribution in [1.82, 2.24) is 19.9 Å². The molecule has 3 rings (SSSR count). The Bertz CT molecular complexity index is 824. The van der Waals surface area contributed by atoms with Gasteiger partial charge in [0.05, 0.1) is 0 Å². The van der Waals surface area contributed by atoms with Crippen LogP contribution in [-0.2, 0) is 6.42 Å². The van der Waals surface area contributed by atoms with Gasteiger partial charge in [-0.15, -0.1) is 0 Å². The summed E-state index contributed by atoms with van der Waals surface area (Å²) in [7, 11) is 0. The van der Waals surface area contributed by atoms with E-state index in [1.54, 1.807) is 6.20 Å². The van der Waals surface area contributed by atoms with Gasteiger partial charge in [0.25, 0.3) is 0 Å². The van der Waals surface area contributed by atoms with E-state index in [1.165, 1.54) is 0 Å². The smallest absolute Gasteiger partial charge is 0.223 e. The van der Waals surface area contributed by atoms with Gasteiger partial charge in [-0.3, -0.25) is 4.98 Å². The molecule has 5 nitrogen and oxygen atoms in total. The van der Waals surface area contributed by atoms with Crippen LogP contribution in [0.4, 0.5) is 0 Å². The summed E-state index contributed by atoms with van der Waals surface area (Å²) in [6, 6.07) is 11.2. The van der Waals surface area contributed by atoms with Crippen LogP contribution < -0.4 is 4.74 Å². The number of halogens is 1. The Morgan fingerprint density at radius 2 is 1.96 bits per heavy atom. The second-order valence-corrected chi connectivity index (χ2v) is 5.68. The molecule has 116 valence electrons. The maximum Gasteiger partial charge on any atom is 0.223 e. The van der Waals surface area contributed by atoms with Crippen LogP contribution in [0.3, 0.4) is 0 Å². The van der Waals surface area contributed by atoms with Crippen LogP contribution in [0.15, 0.2) is 47.2 Å². The van der Waals surface area contributed by atoms with Crippen molar-refractivity contribution in [3.63, 3.8) is 0 Å². The van der Waals surface area contributed by atoms with Gasteiger partial charge in [-0.25, -0.2) is 9.97 Å². The molecule has 0 fully saturated rings. The van der Waals surface area contributed by atoms with Crippen molar-refractivity contribution >= 4 is 15.9 Å². The SMILES string of the molecule is CCc1cc(Oc2ccc(C)nc2Br)nc(-c2ccccn2)n1. The third-order valence-electron chi connectivity index (χ3n) is 3.18. The molecule has 23 heavy (non-hydrogen) atoms. The van der Waals surface area contributed by atoms with Crippen molar-refractivity contribution in [3.05, 3.63) is 58.6 Å². The Kier molecular flexibility index (Phi) is 4.62. The molecular weight excluding hydrogens is 356 g/mol. The van der Waals surface area contributed by atoms with Crippen molar-refractivity contribution in [1.29, 1.82) is 0 Å². The van der Waals surface area contributed by atoms with Gasteiger partial charge in [-0.1, -0.05) is 13.0 Å². The largest absolute Gasteiger partial charge is 0.436 e. The van der Waals surface area contributed by atoms with Gasteiger partial charge in [-0.05, 0) is 53.5 Å². The van der Waals surface area contributed by atoms with E-state index in [2.05, 4.69) is 35.9 Å². The maximum atomic E-state index is 5.88. The average molecular weight is 371 g/mol. The third kappa shape index (κ3) is 3.71. The number of hydrogen-bond acceptors (Lipinski definition) is 5. The lowest BCUT2D eigenvalue weighted by molar-refractivity contribution is 0.455. The van der Waals surface area contributed by atoms with E-state index < -0.39 is 0 Å². The van der Waals surface area contributed by atoms with Gasteiger partial charge in [-0.2, -0.15) is 4.98 Å². The molecule has 0 amide bonds. The van der Waals surface area contributed by atoms with Crippen LogP contribution in [0, 0.1) is 6.92 Å². The lowest BCUT2D eigenvalue weighted by atomic mass is 10.3. The molecule has 0 aliphatic carbocycles. The Balaban J connectivity index is 1.99. The molecule has 0 saturated heterocycles. The molecule has 0 bridgehead atoms. The van der Waals surface area contributed by atoms with Crippen molar-refractivity contribution in [2.24, 2.45) is 0 Å². The predicted octanol–water partition coefficient (Wildman–Crippen LogP) is 4.36. The molecule has 0 unspecified atom stereocenters. The summed E-state index contributed by atoms with van der Waals surface area (Å²) in [6.07, 6.45) is 2.50. The highest BCUT2D eigenvalue weighted by molar-refractivity contribution is 9.10. The Morgan fingerprint density at radius 1 is 1.09 bits per heavy atom. The summed E-state index contributed by atoms with van der Waals surface area (Å²) in [4.78, 5) is 17.6. The van der Waals surface area contributed by atoms with E-state index in [0.717, 1.165) is 17.8 Å². The second kappa shape index (κ2) is 6.83. The molecule has 0 aliphatic heterocycles. The highest BCUT2D eigenvalue weighted by Crippen LogP contribution is 2.28. The zero-order chi connectivity index (χ0) is 16.2. The van der Waals surface area contributed by atoms with Crippen molar-refractivity contribution in [2.45, 2.75) is 20.3 Å². The number of nitrogens with zero attached hydrogens (tertiary/aromatic N) is 4. The highest BCUT2D eigenvalue weighted by Gasteiger charge is 2.11.